The highest BCUT2D eigenvalue weighted by Crippen LogP contribution is 2.28. The van der Waals surface area contributed by atoms with Crippen LogP contribution in [0.15, 0.2) is 83.1 Å². The normalized spacial score (nSPS) is 11.1. The maximum atomic E-state index is 12.4. The van der Waals surface area contributed by atoms with Crippen LogP contribution < -0.4 is 5.43 Å². The molecule has 4 rings (SSSR count). The fourth-order valence-corrected chi connectivity index (χ4v) is 4.04. The fourth-order valence-electron chi connectivity index (χ4n) is 3.17. The molecule has 0 atom stereocenters. The fraction of sp³-hybridized carbons (Fsp3) is 0.120. The van der Waals surface area contributed by atoms with Crippen LogP contribution in [0.3, 0.4) is 0 Å². The molecule has 4 aromatic rings. The summed E-state index contributed by atoms with van der Waals surface area (Å²) in [7, 11) is 0. The van der Waals surface area contributed by atoms with Gasteiger partial charge in [0, 0.05) is 16.3 Å². The molecule has 0 spiro atoms. The Morgan fingerprint density at radius 3 is 2.52 bits per heavy atom. The van der Waals surface area contributed by atoms with Gasteiger partial charge < -0.3 is 0 Å². The molecule has 0 fully saturated rings. The molecule has 0 aliphatic heterocycles. The third-order valence-corrected chi connectivity index (χ3v) is 5.99. The molecule has 0 saturated carbocycles. The van der Waals surface area contributed by atoms with Crippen LogP contribution in [-0.2, 0) is 4.79 Å². The van der Waals surface area contributed by atoms with Gasteiger partial charge in [-0.3, -0.25) is 9.36 Å². The van der Waals surface area contributed by atoms with Gasteiger partial charge in [-0.25, -0.2) is 5.43 Å². The zero-order valence-electron chi connectivity index (χ0n) is 18.2. The lowest BCUT2D eigenvalue weighted by molar-refractivity contribution is -0.118. The summed E-state index contributed by atoms with van der Waals surface area (Å²) in [4.78, 5) is 12.4. The number of aromatic nitrogens is 3. The number of nitrogens with zero attached hydrogens (tertiary/aromatic N) is 4. The van der Waals surface area contributed by atoms with Gasteiger partial charge in [-0.1, -0.05) is 83.0 Å². The molecule has 0 bridgehead atoms. The molecule has 3 aromatic carbocycles. The lowest BCUT2D eigenvalue weighted by Gasteiger charge is -2.10. The van der Waals surface area contributed by atoms with E-state index in [1.807, 2.05) is 91.2 Å². The number of aryl methyl sites for hydroxylation is 2. The zero-order valence-corrected chi connectivity index (χ0v) is 19.8. The number of benzene rings is 3. The van der Waals surface area contributed by atoms with Crippen molar-refractivity contribution in [3.63, 3.8) is 0 Å². The minimum atomic E-state index is -0.230. The Bertz CT molecular complexity index is 1280. The van der Waals surface area contributed by atoms with Gasteiger partial charge in [0.15, 0.2) is 11.0 Å². The van der Waals surface area contributed by atoms with Gasteiger partial charge in [0.1, 0.15) is 0 Å². The van der Waals surface area contributed by atoms with E-state index in [1.165, 1.54) is 11.8 Å². The van der Waals surface area contributed by atoms with Crippen molar-refractivity contribution in [1.29, 1.82) is 0 Å². The Morgan fingerprint density at radius 1 is 1.03 bits per heavy atom. The molecule has 0 aliphatic carbocycles. The third-order valence-electron chi connectivity index (χ3n) is 4.81. The second-order valence-corrected chi connectivity index (χ2v) is 8.86. The molecule has 0 radical (unpaired) electrons. The lowest BCUT2D eigenvalue weighted by atomic mass is 10.1. The highest BCUT2D eigenvalue weighted by Gasteiger charge is 2.17. The highest BCUT2D eigenvalue weighted by molar-refractivity contribution is 7.99. The summed E-state index contributed by atoms with van der Waals surface area (Å²) in [5.74, 6) is 0.606. The number of rotatable bonds is 7. The number of carbonyl (C=O) groups excluding carboxylic acids is 1. The molecule has 1 aromatic heterocycles. The summed E-state index contributed by atoms with van der Waals surface area (Å²) in [5, 5.41) is 14.0. The molecular weight excluding hydrogens is 454 g/mol. The van der Waals surface area contributed by atoms with Crippen molar-refractivity contribution in [1.82, 2.24) is 20.2 Å². The minimum absolute atomic E-state index is 0.144. The van der Waals surface area contributed by atoms with Crippen LogP contribution in [0.1, 0.15) is 16.7 Å². The number of halogens is 1. The topological polar surface area (TPSA) is 72.2 Å². The molecule has 1 amide bonds. The van der Waals surface area contributed by atoms with E-state index >= 15 is 0 Å². The molecule has 33 heavy (non-hydrogen) atoms. The van der Waals surface area contributed by atoms with Crippen LogP contribution in [0.5, 0.6) is 0 Å². The van der Waals surface area contributed by atoms with Crippen molar-refractivity contribution in [3.8, 4) is 17.1 Å². The molecule has 1 heterocycles. The van der Waals surface area contributed by atoms with Crippen molar-refractivity contribution in [2.24, 2.45) is 5.10 Å². The van der Waals surface area contributed by atoms with E-state index in [4.69, 9.17) is 11.6 Å². The van der Waals surface area contributed by atoms with Gasteiger partial charge in [0.2, 0.25) is 0 Å². The summed E-state index contributed by atoms with van der Waals surface area (Å²) < 4.78 is 1.93. The number of hydrogen-bond donors (Lipinski definition) is 1. The van der Waals surface area contributed by atoms with Gasteiger partial charge in [-0.15, -0.1) is 10.2 Å². The molecular formula is C25H22ClN5OS. The number of carbonyl (C=O) groups is 1. The van der Waals surface area contributed by atoms with E-state index < -0.39 is 0 Å². The average molecular weight is 476 g/mol. The van der Waals surface area contributed by atoms with Gasteiger partial charge in [0.05, 0.1) is 12.0 Å². The summed E-state index contributed by atoms with van der Waals surface area (Å²) in [6.07, 6.45) is 1.63. The molecule has 0 saturated heterocycles. The lowest BCUT2D eigenvalue weighted by Crippen LogP contribution is -2.20. The summed E-state index contributed by atoms with van der Waals surface area (Å²) >= 11 is 7.37. The first-order chi connectivity index (χ1) is 16.0. The van der Waals surface area contributed by atoms with Gasteiger partial charge in [-0.05, 0) is 43.7 Å². The van der Waals surface area contributed by atoms with Crippen LogP contribution in [-0.4, -0.2) is 32.6 Å². The number of hydrazone groups is 1. The average Bonchev–Trinajstić information content (AvgIpc) is 3.23. The molecule has 6 nitrogen and oxygen atoms in total. The van der Waals surface area contributed by atoms with Gasteiger partial charge >= 0.3 is 0 Å². The first-order valence-corrected chi connectivity index (χ1v) is 11.7. The van der Waals surface area contributed by atoms with E-state index in [9.17, 15) is 4.79 Å². The Kier molecular flexibility index (Phi) is 7.22. The zero-order chi connectivity index (χ0) is 23.2. The SMILES string of the molecule is Cc1ccc(-c2nnc(SCC(=O)N/N=C/c3cccc(C)c3)n2-c2ccc(Cl)cc2)cc1. The highest BCUT2D eigenvalue weighted by atomic mass is 35.5. The molecule has 0 unspecified atom stereocenters. The van der Waals surface area contributed by atoms with Crippen LogP contribution in [0.4, 0.5) is 0 Å². The van der Waals surface area contributed by atoms with E-state index in [0.29, 0.717) is 16.0 Å². The predicted molar refractivity (Wildman–Crippen MR) is 134 cm³/mol. The van der Waals surface area contributed by atoms with Gasteiger partial charge in [-0.2, -0.15) is 5.10 Å². The number of nitrogens with one attached hydrogen (secondary N) is 1. The number of thioether (sulfide) groups is 1. The van der Waals surface area contributed by atoms with E-state index in [-0.39, 0.29) is 11.7 Å². The van der Waals surface area contributed by atoms with Crippen molar-refractivity contribution >= 4 is 35.5 Å². The Balaban J connectivity index is 1.51. The molecule has 166 valence electrons. The summed E-state index contributed by atoms with van der Waals surface area (Å²) in [6.45, 7) is 4.04. The monoisotopic (exact) mass is 475 g/mol. The van der Waals surface area contributed by atoms with Crippen molar-refractivity contribution in [2.45, 2.75) is 19.0 Å². The van der Waals surface area contributed by atoms with Crippen LogP contribution in [0.25, 0.3) is 17.1 Å². The molecule has 0 aliphatic rings. The minimum Gasteiger partial charge on any atom is -0.272 e. The Morgan fingerprint density at radius 2 is 1.79 bits per heavy atom. The smallest absolute Gasteiger partial charge is 0.250 e. The second kappa shape index (κ2) is 10.5. The predicted octanol–water partition coefficient (Wildman–Crippen LogP) is 5.45. The van der Waals surface area contributed by atoms with E-state index in [0.717, 1.165) is 27.9 Å². The second-order valence-electron chi connectivity index (χ2n) is 7.48. The largest absolute Gasteiger partial charge is 0.272 e. The van der Waals surface area contributed by atoms with Crippen molar-refractivity contribution in [2.75, 3.05) is 5.75 Å². The van der Waals surface area contributed by atoms with E-state index in [2.05, 4.69) is 20.7 Å². The van der Waals surface area contributed by atoms with E-state index in [1.54, 1.807) is 6.21 Å². The number of amides is 1. The number of hydrogen-bond acceptors (Lipinski definition) is 5. The van der Waals surface area contributed by atoms with Crippen molar-refractivity contribution in [3.05, 3.63) is 94.5 Å². The van der Waals surface area contributed by atoms with Gasteiger partial charge in [0.25, 0.3) is 5.91 Å². The standard InChI is InChI=1S/C25H22ClN5OS/c1-17-6-8-20(9-7-17)24-29-30-25(31(24)22-12-10-21(26)11-13-22)33-16-23(32)28-27-15-19-5-3-4-18(2)14-19/h3-15H,16H2,1-2H3,(H,28,32)/b27-15+. The third kappa shape index (κ3) is 5.88. The Hall–Kier alpha value is -3.42. The maximum Gasteiger partial charge on any atom is 0.250 e. The summed E-state index contributed by atoms with van der Waals surface area (Å²) in [6, 6.07) is 23.4. The first-order valence-electron chi connectivity index (χ1n) is 10.3. The van der Waals surface area contributed by atoms with Crippen molar-refractivity contribution < 1.29 is 4.79 Å². The van der Waals surface area contributed by atoms with Crippen LogP contribution >= 0.6 is 23.4 Å². The van der Waals surface area contributed by atoms with Crippen LogP contribution in [0, 0.1) is 13.8 Å². The first kappa shape index (κ1) is 22.8. The molecule has 8 heteroatoms. The quantitative estimate of drug-likeness (QED) is 0.219. The van der Waals surface area contributed by atoms with Crippen LogP contribution in [0.2, 0.25) is 5.02 Å². The Labute approximate surface area is 201 Å². The maximum absolute atomic E-state index is 12.4. The summed E-state index contributed by atoms with van der Waals surface area (Å²) in [5.41, 5.74) is 7.58. The molecule has 1 N–H and O–H groups in total.